The zero-order valence-corrected chi connectivity index (χ0v) is 12.4. The second-order valence-corrected chi connectivity index (χ2v) is 5.40. The molecule has 6 heteroatoms. The third kappa shape index (κ3) is 4.16. The second kappa shape index (κ2) is 7.72. The van der Waals surface area contributed by atoms with E-state index in [0.717, 1.165) is 31.5 Å². The molecule has 2 amide bonds. The number of piperidine rings is 1. The van der Waals surface area contributed by atoms with Crippen LogP contribution in [0.2, 0.25) is 0 Å². The number of carbonyl (C=O) groups is 2. The molecular weight excluding hydrogens is 282 g/mol. The number of hydrogen-bond acceptors (Lipinski definition) is 4. The Morgan fingerprint density at radius 1 is 1.27 bits per heavy atom. The van der Waals surface area contributed by atoms with Crippen molar-refractivity contribution in [2.75, 3.05) is 19.6 Å². The van der Waals surface area contributed by atoms with Gasteiger partial charge in [0.15, 0.2) is 0 Å². The van der Waals surface area contributed by atoms with Crippen molar-refractivity contribution in [1.29, 1.82) is 0 Å². The van der Waals surface area contributed by atoms with Crippen molar-refractivity contribution in [3.63, 3.8) is 0 Å². The summed E-state index contributed by atoms with van der Waals surface area (Å²) in [5.41, 5.74) is 8.39. The van der Waals surface area contributed by atoms with Crippen LogP contribution in [0, 0.1) is 5.92 Å². The summed E-state index contributed by atoms with van der Waals surface area (Å²) in [6.45, 7) is 2.19. The van der Waals surface area contributed by atoms with Crippen molar-refractivity contribution in [3.8, 4) is 0 Å². The molecule has 0 aromatic heterocycles. The molecular formula is C16H21N3O3. The zero-order chi connectivity index (χ0) is 15.9. The van der Waals surface area contributed by atoms with Gasteiger partial charge in [0.25, 0.3) is 5.91 Å². The van der Waals surface area contributed by atoms with Gasteiger partial charge < -0.3 is 10.6 Å². The van der Waals surface area contributed by atoms with Gasteiger partial charge in [0.2, 0.25) is 5.91 Å². The van der Waals surface area contributed by atoms with Gasteiger partial charge in [-0.15, -0.1) is 0 Å². The molecule has 1 saturated heterocycles. The van der Waals surface area contributed by atoms with Crippen LogP contribution >= 0.6 is 0 Å². The van der Waals surface area contributed by atoms with Crippen LogP contribution in [0.5, 0.6) is 0 Å². The van der Waals surface area contributed by atoms with Crippen LogP contribution in [0.25, 0.3) is 6.08 Å². The van der Waals surface area contributed by atoms with E-state index in [9.17, 15) is 9.59 Å². The largest absolute Gasteiger partial charge is 0.339 e. The first-order chi connectivity index (χ1) is 10.6. The minimum Gasteiger partial charge on any atom is -0.339 e. The Balaban J connectivity index is 1.91. The normalized spacial score (nSPS) is 16.0. The van der Waals surface area contributed by atoms with Crippen molar-refractivity contribution in [1.82, 2.24) is 10.4 Å². The fraction of sp³-hybridized carbons (Fsp3) is 0.375. The summed E-state index contributed by atoms with van der Waals surface area (Å²) in [5.74, 6) is -0.0414. The Morgan fingerprint density at radius 3 is 2.45 bits per heavy atom. The maximum atomic E-state index is 12.1. The molecule has 4 N–H and O–H groups in total. The molecule has 0 unspecified atom stereocenters. The summed E-state index contributed by atoms with van der Waals surface area (Å²) in [6.07, 6.45) is 5.18. The zero-order valence-electron chi connectivity index (χ0n) is 12.4. The lowest BCUT2D eigenvalue weighted by molar-refractivity contribution is -0.127. The summed E-state index contributed by atoms with van der Waals surface area (Å²) in [4.78, 5) is 25.1. The molecule has 1 aromatic rings. The number of likely N-dealkylation sites (tertiary alicyclic amines) is 1. The van der Waals surface area contributed by atoms with E-state index in [1.54, 1.807) is 41.9 Å². The number of hydroxylamine groups is 1. The van der Waals surface area contributed by atoms with Crippen LogP contribution in [-0.4, -0.2) is 41.6 Å². The summed E-state index contributed by atoms with van der Waals surface area (Å²) < 4.78 is 0. The molecule has 0 saturated carbocycles. The molecule has 1 aliphatic rings. The minimum atomic E-state index is -0.561. The second-order valence-electron chi connectivity index (χ2n) is 5.40. The highest BCUT2D eigenvalue weighted by atomic mass is 16.5. The molecule has 1 aliphatic heterocycles. The van der Waals surface area contributed by atoms with Crippen LogP contribution in [0.4, 0.5) is 0 Å². The molecule has 1 fully saturated rings. The highest BCUT2D eigenvalue weighted by Crippen LogP contribution is 2.16. The van der Waals surface area contributed by atoms with E-state index in [0.29, 0.717) is 18.0 Å². The first-order valence-corrected chi connectivity index (χ1v) is 7.35. The smallest absolute Gasteiger partial charge is 0.274 e. The number of rotatable bonds is 4. The molecule has 1 aromatic carbocycles. The number of nitrogens with zero attached hydrogens (tertiary/aromatic N) is 1. The third-order valence-corrected chi connectivity index (χ3v) is 3.95. The third-order valence-electron chi connectivity index (χ3n) is 3.95. The van der Waals surface area contributed by atoms with Gasteiger partial charge in [0, 0.05) is 24.7 Å². The van der Waals surface area contributed by atoms with Crippen LogP contribution < -0.4 is 11.2 Å². The van der Waals surface area contributed by atoms with Crippen LogP contribution in [0.1, 0.15) is 28.8 Å². The van der Waals surface area contributed by atoms with Crippen LogP contribution in [-0.2, 0) is 4.79 Å². The Bertz CT molecular complexity index is 546. The van der Waals surface area contributed by atoms with Crippen molar-refractivity contribution in [3.05, 3.63) is 41.5 Å². The average molecular weight is 303 g/mol. The van der Waals surface area contributed by atoms with Gasteiger partial charge in [-0.05, 0) is 49.1 Å². The van der Waals surface area contributed by atoms with Gasteiger partial charge in [-0.2, -0.15) is 0 Å². The van der Waals surface area contributed by atoms with E-state index in [2.05, 4.69) is 0 Å². The van der Waals surface area contributed by atoms with Gasteiger partial charge >= 0.3 is 0 Å². The van der Waals surface area contributed by atoms with E-state index in [1.807, 2.05) is 4.90 Å². The number of nitrogens with one attached hydrogen (secondary N) is 1. The average Bonchev–Trinajstić information content (AvgIpc) is 2.59. The molecule has 0 spiro atoms. The molecule has 2 rings (SSSR count). The lowest BCUT2D eigenvalue weighted by Gasteiger charge is -2.30. The van der Waals surface area contributed by atoms with Crippen LogP contribution in [0.15, 0.2) is 30.3 Å². The Labute approximate surface area is 129 Å². The topological polar surface area (TPSA) is 95.7 Å². The monoisotopic (exact) mass is 303 g/mol. The molecule has 0 atom stereocenters. The Morgan fingerprint density at radius 2 is 1.91 bits per heavy atom. The van der Waals surface area contributed by atoms with Gasteiger partial charge in [0.05, 0.1) is 0 Å². The minimum absolute atomic E-state index is 0.00681. The highest BCUT2D eigenvalue weighted by Gasteiger charge is 2.20. The van der Waals surface area contributed by atoms with E-state index >= 15 is 0 Å². The fourth-order valence-corrected chi connectivity index (χ4v) is 2.47. The quantitative estimate of drug-likeness (QED) is 0.439. The number of amides is 2. The summed E-state index contributed by atoms with van der Waals surface area (Å²) in [5, 5.41) is 8.54. The molecule has 0 radical (unpaired) electrons. The summed E-state index contributed by atoms with van der Waals surface area (Å²) in [6, 6.07) is 6.61. The van der Waals surface area contributed by atoms with Gasteiger partial charge in [-0.1, -0.05) is 12.1 Å². The van der Waals surface area contributed by atoms with E-state index in [-0.39, 0.29) is 5.91 Å². The SMILES string of the molecule is NCC1CCN(C(=O)/C=C/c2ccc(C(=O)NO)cc2)CC1. The Hall–Kier alpha value is -2.18. The maximum Gasteiger partial charge on any atom is 0.274 e. The van der Waals surface area contributed by atoms with Crippen molar-refractivity contribution in [2.24, 2.45) is 11.7 Å². The molecule has 118 valence electrons. The predicted molar refractivity (Wildman–Crippen MR) is 83.1 cm³/mol. The van der Waals surface area contributed by atoms with Gasteiger partial charge in [-0.3, -0.25) is 14.8 Å². The van der Waals surface area contributed by atoms with E-state index in [1.165, 1.54) is 0 Å². The summed E-state index contributed by atoms with van der Waals surface area (Å²) >= 11 is 0. The molecule has 0 bridgehead atoms. The van der Waals surface area contributed by atoms with Crippen molar-refractivity contribution < 1.29 is 14.8 Å². The van der Waals surface area contributed by atoms with E-state index in [4.69, 9.17) is 10.9 Å². The van der Waals surface area contributed by atoms with Crippen LogP contribution in [0.3, 0.4) is 0 Å². The lowest BCUT2D eigenvalue weighted by Crippen LogP contribution is -2.39. The molecule has 1 heterocycles. The molecule has 0 aliphatic carbocycles. The Kier molecular flexibility index (Phi) is 5.68. The lowest BCUT2D eigenvalue weighted by atomic mass is 9.97. The fourth-order valence-electron chi connectivity index (χ4n) is 2.47. The summed E-state index contributed by atoms with van der Waals surface area (Å²) in [7, 11) is 0. The highest BCUT2D eigenvalue weighted by molar-refractivity contribution is 5.94. The first kappa shape index (κ1) is 16.2. The molecule has 6 nitrogen and oxygen atoms in total. The van der Waals surface area contributed by atoms with Crippen molar-refractivity contribution in [2.45, 2.75) is 12.8 Å². The number of carbonyl (C=O) groups excluding carboxylic acids is 2. The number of hydrogen-bond donors (Lipinski definition) is 3. The predicted octanol–water partition coefficient (Wildman–Crippen LogP) is 1.02. The number of benzene rings is 1. The van der Waals surface area contributed by atoms with Gasteiger partial charge in [-0.25, -0.2) is 5.48 Å². The number of nitrogens with two attached hydrogens (primary N) is 1. The van der Waals surface area contributed by atoms with Crippen molar-refractivity contribution >= 4 is 17.9 Å². The van der Waals surface area contributed by atoms with Gasteiger partial charge in [0.1, 0.15) is 0 Å². The first-order valence-electron chi connectivity index (χ1n) is 7.35. The maximum absolute atomic E-state index is 12.1. The van der Waals surface area contributed by atoms with E-state index < -0.39 is 5.91 Å². The molecule has 22 heavy (non-hydrogen) atoms. The standard InChI is InChI=1S/C16H21N3O3/c17-11-13-7-9-19(10-8-13)15(20)6-3-12-1-4-14(5-2-12)16(21)18-22/h1-6,13,22H,7-11,17H2,(H,18,21)/b6-3+.